The van der Waals surface area contributed by atoms with Gasteiger partial charge in [0.2, 0.25) is 0 Å². The van der Waals surface area contributed by atoms with Crippen LogP contribution in [0.3, 0.4) is 0 Å². The van der Waals surface area contributed by atoms with Gasteiger partial charge in [0.1, 0.15) is 5.75 Å². The van der Waals surface area contributed by atoms with Gasteiger partial charge in [-0.1, -0.05) is 37.3 Å². The first-order valence-corrected chi connectivity index (χ1v) is 8.69. The summed E-state index contributed by atoms with van der Waals surface area (Å²) in [5.74, 6) is 1.26. The van der Waals surface area contributed by atoms with Crippen LogP contribution in [-0.2, 0) is 5.41 Å². The van der Waals surface area contributed by atoms with E-state index in [0.717, 1.165) is 39.5 Å². The smallest absolute Gasteiger partial charge is 0.142 e. The Morgan fingerprint density at radius 2 is 1.83 bits per heavy atom. The van der Waals surface area contributed by atoms with Crippen molar-refractivity contribution in [2.45, 2.75) is 24.8 Å². The van der Waals surface area contributed by atoms with Gasteiger partial charge in [-0.15, -0.1) is 11.6 Å². The lowest BCUT2D eigenvalue weighted by molar-refractivity contribution is 0.399. The van der Waals surface area contributed by atoms with Crippen molar-refractivity contribution in [2.75, 3.05) is 19.5 Å². The molecule has 2 atom stereocenters. The Morgan fingerprint density at radius 3 is 2.46 bits per heavy atom. The maximum atomic E-state index is 6.44. The minimum absolute atomic E-state index is 0.112. The van der Waals surface area contributed by atoms with Crippen LogP contribution in [0.4, 0.5) is 0 Å². The standard InChI is InChI=1S/C19H24ClN3O/c1-19(11-20,16(22)9-10-21)14-7-3-5-12-13-6-4-8-15(24-2)18(13)23-17(12)14/h3-8,16,23H,9-11,21-22H2,1-2H3. The average molecular weight is 346 g/mol. The lowest BCUT2D eigenvalue weighted by atomic mass is 9.76. The summed E-state index contributed by atoms with van der Waals surface area (Å²) >= 11 is 6.37. The van der Waals surface area contributed by atoms with Crippen LogP contribution in [0.5, 0.6) is 5.75 Å². The van der Waals surface area contributed by atoms with Gasteiger partial charge in [-0.3, -0.25) is 0 Å². The summed E-state index contributed by atoms with van der Waals surface area (Å²) in [5, 5.41) is 2.29. The van der Waals surface area contributed by atoms with Crippen molar-refractivity contribution in [2.24, 2.45) is 11.5 Å². The minimum Gasteiger partial charge on any atom is -0.495 e. The van der Waals surface area contributed by atoms with Crippen LogP contribution >= 0.6 is 11.6 Å². The van der Waals surface area contributed by atoms with Crippen LogP contribution in [0.2, 0.25) is 0 Å². The summed E-state index contributed by atoms with van der Waals surface area (Å²) in [6.45, 7) is 2.65. The van der Waals surface area contributed by atoms with Crippen molar-refractivity contribution in [3.8, 4) is 5.75 Å². The summed E-state index contributed by atoms with van der Waals surface area (Å²) in [6.07, 6.45) is 0.725. The first-order valence-electron chi connectivity index (χ1n) is 8.16. The van der Waals surface area contributed by atoms with Crippen LogP contribution in [0, 0.1) is 0 Å². The predicted molar refractivity (Wildman–Crippen MR) is 102 cm³/mol. The van der Waals surface area contributed by atoms with Crippen molar-refractivity contribution in [3.05, 3.63) is 42.0 Å². The number of benzene rings is 2. The second-order valence-corrected chi connectivity index (χ2v) is 6.74. The van der Waals surface area contributed by atoms with E-state index in [1.54, 1.807) is 7.11 Å². The number of halogens is 1. The molecule has 0 saturated heterocycles. The Morgan fingerprint density at radius 1 is 1.17 bits per heavy atom. The van der Waals surface area contributed by atoms with E-state index >= 15 is 0 Å². The molecular weight excluding hydrogens is 322 g/mol. The zero-order valence-corrected chi connectivity index (χ0v) is 14.9. The third-order valence-electron chi connectivity index (χ3n) is 5.04. The van der Waals surface area contributed by atoms with Gasteiger partial charge in [0.25, 0.3) is 0 Å². The Balaban J connectivity index is 2.29. The molecule has 0 amide bonds. The first-order chi connectivity index (χ1) is 11.6. The molecule has 0 fully saturated rings. The number of aromatic amines is 1. The molecule has 0 radical (unpaired) electrons. The van der Waals surface area contributed by atoms with Gasteiger partial charge >= 0.3 is 0 Å². The molecule has 128 valence electrons. The number of fused-ring (bicyclic) bond motifs is 3. The van der Waals surface area contributed by atoms with E-state index in [4.69, 9.17) is 27.8 Å². The highest BCUT2D eigenvalue weighted by Gasteiger charge is 2.34. The number of ether oxygens (including phenoxy) is 1. The highest BCUT2D eigenvalue weighted by Crippen LogP contribution is 2.39. The van der Waals surface area contributed by atoms with Crippen LogP contribution in [0.1, 0.15) is 18.9 Å². The number of rotatable bonds is 6. The van der Waals surface area contributed by atoms with Crippen LogP contribution in [-0.4, -0.2) is 30.6 Å². The number of nitrogens with one attached hydrogen (secondary N) is 1. The summed E-state index contributed by atoms with van der Waals surface area (Å²) in [5.41, 5.74) is 15.0. The lowest BCUT2D eigenvalue weighted by Gasteiger charge is -2.34. The molecule has 1 aromatic heterocycles. The number of H-pyrrole nitrogens is 1. The maximum absolute atomic E-state index is 6.44. The highest BCUT2D eigenvalue weighted by atomic mass is 35.5. The van der Waals surface area contributed by atoms with E-state index in [1.807, 2.05) is 12.1 Å². The Labute approximate surface area is 147 Å². The van der Waals surface area contributed by atoms with Gasteiger partial charge in [0, 0.05) is 28.1 Å². The van der Waals surface area contributed by atoms with Gasteiger partial charge < -0.3 is 21.2 Å². The fraction of sp³-hybridized carbons (Fsp3) is 0.368. The molecule has 5 heteroatoms. The number of nitrogens with two attached hydrogens (primary N) is 2. The van der Waals surface area contributed by atoms with Crippen molar-refractivity contribution < 1.29 is 4.74 Å². The molecule has 3 rings (SSSR count). The quantitative estimate of drug-likeness (QED) is 0.598. The SMILES string of the molecule is COc1cccc2c1[nH]c1c(C(C)(CCl)C(N)CCN)cccc12. The number of hydrogen-bond donors (Lipinski definition) is 3. The van der Waals surface area contributed by atoms with Crippen molar-refractivity contribution >= 4 is 33.4 Å². The first kappa shape index (κ1) is 17.1. The molecule has 0 bridgehead atoms. The summed E-state index contributed by atoms with van der Waals surface area (Å²) in [4.78, 5) is 3.53. The molecule has 0 aliphatic heterocycles. The number of para-hydroxylation sites is 2. The third kappa shape index (κ3) is 2.55. The van der Waals surface area contributed by atoms with Gasteiger partial charge in [-0.25, -0.2) is 0 Å². The van der Waals surface area contributed by atoms with Crippen LogP contribution in [0.15, 0.2) is 36.4 Å². The molecule has 0 spiro atoms. The largest absolute Gasteiger partial charge is 0.495 e. The fourth-order valence-corrected chi connectivity index (χ4v) is 3.78. The van der Waals surface area contributed by atoms with E-state index in [1.165, 1.54) is 0 Å². The summed E-state index contributed by atoms with van der Waals surface area (Å²) < 4.78 is 5.50. The molecule has 0 aliphatic rings. The highest BCUT2D eigenvalue weighted by molar-refractivity contribution is 6.19. The molecule has 5 N–H and O–H groups in total. The van der Waals surface area contributed by atoms with Gasteiger partial charge in [0.05, 0.1) is 18.1 Å². The molecule has 4 nitrogen and oxygen atoms in total. The molecular formula is C19H24ClN3O. The zero-order valence-electron chi connectivity index (χ0n) is 14.1. The maximum Gasteiger partial charge on any atom is 0.142 e. The van der Waals surface area contributed by atoms with Gasteiger partial charge in [0.15, 0.2) is 0 Å². The minimum atomic E-state index is -0.367. The number of aromatic nitrogens is 1. The van der Waals surface area contributed by atoms with E-state index in [9.17, 15) is 0 Å². The number of alkyl halides is 1. The second-order valence-electron chi connectivity index (χ2n) is 6.47. The average Bonchev–Trinajstić information content (AvgIpc) is 2.99. The number of methoxy groups -OCH3 is 1. The van der Waals surface area contributed by atoms with Gasteiger partial charge in [-0.05, 0) is 24.6 Å². The van der Waals surface area contributed by atoms with Crippen LogP contribution in [0.25, 0.3) is 21.8 Å². The summed E-state index contributed by atoms with van der Waals surface area (Å²) in [7, 11) is 1.68. The van der Waals surface area contributed by atoms with Crippen molar-refractivity contribution in [3.63, 3.8) is 0 Å². The molecule has 3 aromatic rings. The topological polar surface area (TPSA) is 77.1 Å². The lowest BCUT2D eigenvalue weighted by Crippen LogP contribution is -2.46. The molecule has 24 heavy (non-hydrogen) atoms. The van der Waals surface area contributed by atoms with E-state index in [2.05, 4.69) is 36.2 Å². The second kappa shape index (κ2) is 6.63. The molecule has 2 unspecified atom stereocenters. The Hall–Kier alpha value is -1.75. The molecule has 1 heterocycles. The van der Waals surface area contributed by atoms with Gasteiger partial charge in [-0.2, -0.15) is 0 Å². The zero-order chi connectivity index (χ0) is 17.3. The normalized spacial score (nSPS) is 15.5. The monoisotopic (exact) mass is 345 g/mol. The van der Waals surface area contributed by atoms with Crippen LogP contribution < -0.4 is 16.2 Å². The Kier molecular flexibility index (Phi) is 4.72. The third-order valence-corrected chi connectivity index (χ3v) is 5.59. The molecule has 2 aromatic carbocycles. The van der Waals surface area contributed by atoms with E-state index in [0.29, 0.717) is 12.4 Å². The van der Waals surface area contributed by atoms with Crippen molar-refractivity contribution in [1.82, 2.24) is 4.98 Å². The fourth-order valence-electron chi connectivity index (χ4n) is 3.44. The molecule has 0 aliphatic carbocycles. The number of hydrogen-bond acceptors (Lipinski definition) is 3. The predicted octanol–water partition coefficient (Wildman–Crippen LogP) is 3.50. The van der Waals surface area contributed by atoms with Crippen molar-refractivity contribution in [1.29, 1.82) is 0 Å². The Bertz CT molecular complexity index is 860. The molecule has 0 saturated carbocycles. The summed E-state index contributed by atoms with van der Waals surface area (Å²) in [6, 6.07) is 12.2. The van der Waals surface area contributed by atoms with E-state index in [-0.39, 0.29) is 11.5 Å². The van der Waals surface area contributed by atoms with E-state index < -0.39 is 0 Å².